The number of hydrogen-bond donors (Lipinski definition) is 2. The topological polar surface area (TPSA) is 70.6 Å². The van der Waals surface area contributed by atoms with Crippen molar-refractivity contribution >= 4 is 39.8 Å². The van der Waals surface area contributed by atoms with Crippen LogP contribution in [0.5, 0.6) is 0 Å². The molecule has 156 valence electrons. The van der Waals surface area contributed by atoms with Crippen molar-refractivity contribution < 1.29 is 8.42 Å². The first-order chi connectivity index (χ1) is 12.0. The van der Waals surface area contributed by atoms with Crippen molar-refractivity contribution in [3.8, 4) is 0 Å². The van der Waals surface area contributed by atoms with Gasteiger partial charge in [0, 0.05) is 31.3 Å². The smallest absolute Gasteiger partial charge is 0.191 e. The van der Waals surface area contributed by atoms with Crippen LogP contribution in [-0.4, -0.2) is 46.0 Å². The highest BCUT2D eigenvalue weighted by molar-refractivity contribution is 14.0. The maximum absolute atomic E-state index is 11.4. The molecule has 0 aliphatic rings. The van der Waals surface area contributed by atoms with E-state index in [0.29, 0.717) is 13.0 Å². The molecule has 0 fully saturated rings. The summed E-state index contributed by atoms with van der Waals surface area (Å²) in [5.41, 5.74) is 1.08. The van der Waals surface area contributed by atoms with Gasteiger partial charge in [0.1, 0.15) is 9.84 Å². The van der Waals surface area contributed by atoms with Crippen molar-refractivity contribution in [2.45, 2.75) is 46.5 Å². The van der Waals surface area contributed by atoms with Crippen LogP contribution in [0.1, 0.15) is 46.6 Å². The minimum atomic E-state index is -2.95. The van der Waals surface area contributed by atoms with Crippen molar-refractivity contribution in [2.24, 2.45) is 10.4 Å². The van der Waals surface area contributed by atoms with Crippen LogP contribution in [0.4, 0.5) is 0 Å². The third-order valence-electron chi connectivity index (χ3n) is 4.41. The zero-order chi connectivity index (χ0) is 19.8. The highest BCUT2D eigenvalue weighted by atomic mass is 127. The molecule has 1 aromatic rings. The second-order valence-electron chi connectivity index (χ2n) is 8.34. The highest BCUT2D eigenvalue weighted by Gasteiger charge is 2.22. The monoisotopic (exact) mass is 509 g/mol. The molecular formula is C20H36IN3O2S. The molecule has 1 rings (SSSR count). The summed E-state index contributed by atoms with van der Waals surface area (Å²) in [7, 11) is -2.95. The minimum Gasteiger partial charge on any atom is -0.357 e. The molecule has 7 heteroatoms. The van der Waals surface area contributed by atoms with Crippen LogP contribution in [0.15, 0.2) is 35.3 Å². The Hall–Kier alpha value is -0.830. The van der Waals surface area contributed by atoms with Crippen LogP contribution in [0, 0.1) is 5.41 Å². The Morgan fingerprint density at radius 2 is 1.67 bits per heavy atom. The number of sulfone groups is 1. The Bertz CT molecular complexity index is 686. The first-order valence-corrected chi connectivity index (χ1v) is 11.3. The van der Waals surface area contributed by atoms with Gasteiger partial charge in [0.05, 0.1) is 5.75 Å². The van der Waals surface area contributed by atoms with Gasteiger partial charge in [0.15, 0.2) is 5.96 Å². The van der Waals surface area contributed by atoms with Gasteiger partial charge in [-0.1, -0.05) is 58.0 Å². The number of benzene rings is 1. The molecule has 27 heavy (non-hydrogen) atoms. The number of halogens is 1. The van der Waals surface area contributed by atoms with E-state index in [-0.39, 0.29) is 40.6 Å². The van der Waals surface area contributed by atoms with Crippen molar-refractivity contribution in [1.29, 1.82) is 0 Å². The zero-order valence-corrected chi connectivity index (χ0v) is 20.6. The third kappa shape index (κ3) is 10.9. The molecule has 0 spiro atoms. The Balaban J connectivity index is 0.00000676. The Morgan fingerprint density at radius 1 is 1.07 bits per heavy atom. The van der Waals surface area contributed by atoms with Gasteiger partial charge in [-0.2, -0.15) is 0 Å². The molecule has 0 radical (unpaired) electrons. The van der Waals surface area contributed by atoms with E-state index in [4.69, 9.17) is 0 Å². The Labute approximate surface area is 182 Å². The summed E-state index contributed by atoms with van der Waals surface area (Å²) in [6.45, 7) is 12.7. The number of nitrogens with one attached hydrogen (secondary N) is 2. The molecule has 0 saturated heterocycles. The van der Waals surface area contributed by atoms with E-state index in [0.717, 1.165) is 19.0 Å². The molecule has 0 aromatic heterocycles. The zero-order valence-electron chi connectivity index (χ0n) is 17.5. The molecule has 0 unspecified atom stereocenters. The average molecular weight is 509 g/mol. The second kappa shape index (κ2) is 11.2. The normalized spacial score (nSPS) is 13.0. The van der Waals surface area contributed by atoms with Crippen molar-refractivity contribution in [2.75, 3.05) is 31.6 Å². The summed E-state index contributed by atoms with van der Waals surface area (Å²) >= 11 is 0. The van der Waals surface area contributed by atoms with Crippen molar-refractivity contribution in [1.82, 2.24) is 10.6 Å². The van der Waals surface area contributed by atoms with Crippen LogP contribution in [0.2, 0.25) is 0 Å². The molecule has 0 heterocycles. The van der Waals surface area contributed by atoms with Gasteiger partial charge in [0.25, 0.3) is 0 Å². The van der Waals surface area contributed by atoms with Crippen LogP contribution >= 0.6 is 24.0 Å². The van der Waals surface area contributed by atoms with Crippen molar-refractivity contribution in [3.05, 3.63) is 35.9 Å². The second-order valence-corrected chi connectivity index (χ2v) is 10.6. The average Bonchev–Trinajstić information content (AvgIpc) is 2.56. The van der Waals surface area contributed by atoms with Gasteiger partial charge in [0.2, 0.25) is 0 Å². The third-order valence-corrected chi connectivity index (χ3v) is 5.36. The van der Waals surface area contributed by atoms with Crippen LogP contribution < -0.4 is 10.6 Å². The number of rotatable bonds is 9. The lowest BCUT2D eigenvalue weighted by molar-refractivity contribution is 0.365. The molecule has 0 saturated carbocycles. The lowest BCUT2D eigenvalue weighted by Gasteiger charge is -2.27. The van der Waals surface area contributed by atoms with Gasteiger partial charge in [-0.25, -0.2) is 8.42 Å². The molecule has 0 amide bonds. The molecule has 0 atom stereocenters. The van der Waals surface area contributed by atoms with Gasteiger partial charge in [-0.15, -0.1) is 24.0 Å². The van der Waals surface area contributed by atoms with E-state index < -0.39 is 9.84 Å². The van der Waals surface area contributed by atoms with Gasteiger partial charge < -0.3 is 10.6 Å². The number of nitrogens with zero attached hydrogens (tertiary/aromatic N) is 1. The number of guanidine groups is 1. The summed E-state index contributed by atoms with van der Waals surface area (Å²) in [6, 6.07) is 10.4. The van der Waals surface area contributed by atoms with Crippen LogP contribution in [0.3, 0.4) is 0 Å². The van der Waals surface area contributed by atoms with E-state index in [2.05, 4.69) is 67.6 Å². The minimum absolute atomic E-state index is 0. The maximum atomic E-state index is 11.4. The largest absolute Gasteiger partial charge is 0.357 e. The molecule has 0 aliphatic carbocycles. The fourth-order valence-corrected chi connectivity index (χ4v) is 3.40. The summed E-state index contributed by atoms with van der Waals surface area (Å²) in [6.07, 6.45) is 1.88. The summed E-state index contributed by atoms with van der Waals surface area (Å²) in [5.74, 6) is 0.963. The molecule has 5 nitrogen and oxygen atoms in total. The number of hydrogen-bond acceptors (Lipinski definition) is 3. The van der Waals surface area contributed by atoms with E-state index in [1.54, 1.807) is 0 Å². The maximum Gasteiger partial charge on any atom is 0.191 e. The Kier molecular flexibility index (Phi) is 10.9. The fraction of sp³-hybridized carbons (Fsp3) is 0.650. The van der Waals surface area contributed by atoms with E-state index in [1.165, 1.54) is 11.8 Å². The molecular weight excluding hydrogens is 473 g/mol. The van der Waals surface area contributed by atoms with Gasteiger partial charge in [-0.3, -0.25) is 4.99 Å². The molecule has 1 aromatic carbocycles. The molecule has 0 aliphatic heterocycles. The predicted molar refractivity (Wildman–Crippen MR) is 127 cm³/mol. The van der Waals surface area contributed by atoms with Crippen LogP contribution in [0.25, 0.3) is 0 Å². The van der Waals surface area contributed by atoms with E-state index in [9.17, 15) is 8.42 Å². The van der Waals surface area contributed by atoms with E-state index in [1.807, 2.05) is 13.0 Å². The predicted octanol–water partition coefficient (Wildman–Crippen LogP) is 3.60. The lowest BCUT2D eigenvalue weighted by Crippen LogP contribution is -2.44. The van der Waals surface area contributed by atoms with Crippen LogP contribution in [-0.2, 0) is 15.3 Å². The SMILES string of the molecule is CCNC(=NCC(C)(C)CCS(C)(=O)=O)NCC(C)(C)c1ccccc1.I. The summed E-state index contributed by atoms with van der Waals surface area (Å²) in [4.78, 5) is 4.68. The Morgan fingerprint density at radius 3 is 2.19 bits per heavy atom. The fourth-order valence-electron chi connectivity index (χ4n) is 2.47. The standard InChI is InChI=1S/C20H35N3O2S.HI/c1-7-21-18(22-15-19(2,3)13-14-26(6,24)25)23-16-20(4,5)17-11-9-8-10-12-17;/h8-12H,7,13-16H2,1-6H3,(H2,21,22,23);1H. The number of aliphatic imine (C=N–C) groups is 1. The summed E-state index contributed by atoms with van der Waals surface area (Å²) in [5, 5.41) is 6.70. The van der Waals surface area contributed by atoms with E-state index >= 15 is 0 Å². The van der Waals surface area contributed by atoms with Gasteiger partial charge in [-0.05, 0) is 24.3 Å². The molecule has 0 bridgehead atoms. The summed E-state index contributed by atoms with van der Waals surface area (Å²) < 4.78 is 22.8. The first kappa shape index (κ1) is 26.2. The lowest BCUT2D eigenvalue weighted by atomic mass is 9.85. The molecule has 2 N–H and O–H groups in total. The first-order valence-electron chi connectivity index (χ1n) is 9.21. The van der Waals surface area contributed by atoms with Gasteiger partial charge >= 0.3 is 0 Å². The highest BCUT2D eigenvalue weighted by Crippen LogP contribution is 2.23. The quantitative estimate of drug-likeness (QED) is 0.303. The van der Waals surface area contributed by atoms with Crippen molar-refractivity contribution in [3.63, 3.8) is 0 Å².